The monoisotopic (exact) mass is 170 g/mol. The van der Waals surface area contributed by atoms with Crippen molar-refractivity contribution >= 4 is 0 Å². The zero-order valence-corrected chi connectivity index (χ0v) is 7.86. The third-order valence-corrected chi connectivity index (χ3v) is 3.20. The predicted octanol–water partition coefficient (Wildman–Crippen LogP) is 1.57. The summed E-state index contributed by atoms with van der Waals surface area (Å²) in [6.45, 7) is 4.09. The molecular weight excluding hydrogens is 152 g/mol. The van der Waals surface area contributed by atoms with Crippen LogP contribution in [-0.2, 0) is 4.74 Å². The van der Waals surface area contributed by atoms with Crippen molar-refractivity contribution in [2.75, 3.05) is 0 Å². The fraction of sp³-hybridized carbons (Fsp3) is 1.00. The van der Waals surface area contributed by atoms with Crippen LogP contribution in [0.1, 0.15) is 33.1 Å². The minimum absolute atomic E-state index is 0.0411. The molecule has 4 atom stereocenters. The van der Waals surface area contributed by atoms with Crippen molar-refractivity contribution < 1.29 is 9.84 Å². The molecule has 2 heteroatoms. The second-order valence-corrected chi connectivity index (χ2v) is 4.38. The molecule has 1 heterocycles. The van der Waals surface area contributed by atoms with Crippen LogP contribution >= 0.6 is 0 Å². The summed E-state index contributed by atoms with van der Waals surface area (Å²) in [6.07, 6.45) is 3.86. The summed E-state index contributed by atoms with van der Waals surface area (Å²) in [7, 11) is 0. The van der Waals surface area contributed by atoms with Crippen LogP contribution in [0, 0.1) is 11.8 Å². The van der Waals surface area contributed by atoms with Gasteiger partial charge in [-0.1, -0.05) is 0 Å². The van der Waals surface area contributed by atoms with Crippen LogP contribution < -0.4 is 0 Å². The molecular formula is C10H18O2. The highest BCUT2D eigenvalue weighted by atomic mass is 16.5. The molecule has 0 amide bonds. The van der Waals surface area contributed by atoms with E-state index in [-0.39, 0.29) is 12.2 Å². The zero-order valence-electron chi connectivity index (χ0n) is 7.86. The molecule has 70 valence electrons. The van der Waals surface area contributed by atoms with Gasteiger partial charge in [-0.15, -0.1) is 0 Å². The Kier molecular flexibility index (Phi) is 2.13. The van der Waals surface area contributed by atoms with Gasteiger partial charge in [-0.05, 0) is 44.9 Å². The summed E-state index contributed by atoms with van der Waals surface area (Å²) >= 11 is 0. The topological polar surface area (TPSA) is 29.5 Å². The van der Waals surface area contributed by atoms with Gasteiger partial charge in [-0.2, -0.15) is 0 Å². The van der Waals surface area contributed by atoms with E-state index in [1.165, 1.54) is 12.8 Å². The first kappa shape index (κ1) is 8.52. The average Bonchev–Trinajstić information content (AvgIpc) is 2.79. The van der Waals surface area contributed by atoms with Crippen molar-refractivity contribution in [1.82, 2.24) is 0 Å². The largest absolute Gasteiger partial charge is 0.390 e. The number of hydrogen-bond donors (Lipinski definition) is 1. The van der Waals surface area contributed by atoms with Crippen LogP contribution in [-0.4, -0.2) is 23.4 Å². The van der Waals surface area contributed by atoms with Gasteiger partial charge in [0.15, 0.2) is 0 Å². The number of aliphatic hydroxyl groups is 1. The molecule has 2 aliphatic rings. The van der Waals surface area contributed by atoms with Gasteiger partial charge >= 0.3 is 0 Å². The third kappa shape index (κ3) is 1.50. The van der Waals surface area contributed by atoms with E-state index in [0.29, 0.717) is 12.0 Å². The number of aliphatic hydroxyl groups excluding tert-OH is 1. The average molecular weight is 170 g/mol. The summed E-state index contributed by atoms with van der Waals surface area (Å²) in [5.41, 5.74) is 0. The van der Waals surface area contributed by atoms with E-state index >= 15 is 0 Å². The molecule has 0 spiro atoms. The molecule has 12 heavy (non-hydrogen) atoms. The lowest BCUT2D eigenvalue weighted by molar-refractivity contribution is -0.135. The summed E-state index contributed by atoms with van der Waals surface area (Å²) in [5.74, 6) is 1.32. The maximum atomic E-state index is 9.84. The lowest BCUT2D eigenvalue weighted by atomic mass is 9.86. The Hall–Kier alpha value is -0.0800. The lowest BCUT2D eigenvalue weighted by Gasteiger charge is -2.37. The Morgan fingerprint density at radius 2 is 1.92 bits per heavy atom. The first-order chi connectivity index (χ1) is 5.68. The molecule has 0 aromatic carbocycles. The Labute approximate surface area is 73.9 Å². The van der Waals surface area contributed by atoms with Crippen LogP contribution in [0.25, 0.3) is 0 Å². The first-order valence-corrected chi connectivity index (χ1v) is 5.02. The van der Waals surface area contributed by atoms with E-state index in [1.54, 1.807) is 0 Å². The van der Waals surface area contributed by atoms with Gasteiger partial charge in [-0.25, -0.2) is 0 Å². The molecule has 0 aromatic rings. The van der Waals surface area contributed by atoms with Crippen molar-refractivity contribution in [1.29, 1.82) is 0 Å². The number of hydrogen-bond acceptors (Lipinski definition) is 2. The molecule has 2 fully saturated rings. The number of rotatable bonds is 1. The molecule has 1 saturated heterocycles. The second kappa shape index (κ2) is 3.00. The molecule has 1 aliphatic heterocycles. The summed E-state index contributed by atoms with van der Waals surface area (Å²) in [5, 5.41) is 9.84. The second-order valence-electron chi connectivity index (χ2n) is 4.38. The van der Waals surface area contributed by atoms with Gasteiger partial charge < -0.3 is 9.84 Å². The Morgan fingerprint density at radius 1 is 1.25 bits per heavy atom. The van der Waals surface area contributed by atoms with Gasteiger partial charge in [-0.3, -0.25) is 0 Å². The fourth-order valence-electron chi connectivity index (χ4n) is 2.37. The summed E-state index contributed by atoms with van der Waals surface area (Å²) in [6, 6.07) is 0. The first-order valence-electron chi connectivity index (χ1n) is 5.02. The van der Waals surface area contributed by atoms with Gasteiger partial charge in [0.1, 0.15) is 0 Å². The van der Waals surface area contributed by atoms with Crippen LogP contribution in [0.4, 0.5) is 0 Å². The maximum Gasteiger partial charge on any atom is 0.0830 e. The van der Waals surface area contributed by atoms with Crippen molar-refractivity contribution in [2.24, 2.45) is 11.8 Å². The molecule has 2 nitrogen and oxygen atoms in total. The van der Waals surface area contributed by atoms with Crippen LogP contribution in [0.2, 0.25) is 0 Å². The van der Waals surface area contributed by atoms with Gasteiger partial charge in [0, 0.05) is 0 Å². The molecule has 0 bridgehead atoms. The molecule has 2 rings (SSSR count). The standard InChI is InChI=1S/C10H18O2/c1-6-5-9(8-3-4-8)10(11)7(2)12-6/h6-11H,3-5H2,1-2H3. The van der Waals surface area contributed by atoms with Crippen molar-refractivity contribution in [3.63, 3.8) is 0 Å². The van der Waals surface area contributed by atoms with E-state index in [4.69, 9.17) is 4.74 Å². The quantitative estimate of drug-likeness (QED) is 0.647. The van der Waals surface area contributed by atoms with Crippen molar-refractivity contribution in [2.45, 2.75) is 51.4 Å². The van der Waals surface area contributed by atoms with Gasteiger partial charge in [0.2, 0.25) is 0 Å². The summed E-state index contributed by atoms with van der Waals surface area (Å²) in [4.78, 5) is 0. The van der Waals surface area contributed by atoms with Crippen LogP contribution in [0.5, 0.6) is 0 Å². The lowest BCUT2D eigenvalue weighted by Crippen LogP contribution is -2.43. The Morgan fingerprint density at radius 3 is 2.50 bits per heavy atom. The highest BCUT2D eigenvalue weighted by molar-refractivity contribution is 4.91. The molecule has 1 saturated carbocycles. The van der Waals surface area contributed by atoms with Crippen LogP contribution in [0.15, 0.2) is 0 Å². The van der Waals surface area contributed by atoms with Gasteiger partial charge in [0.25, 0.3) is 0 Å². The minimum Gasteiger partial charge on any atom is -0.390 e. The molecule has 0 radical (unpaired) electrons. The van der Waals surface area contributed by atoms with E-state index in [2.05, 4.69) is 6.92 Å². The van der Waals surface area contributed by atoms with E-state index < -0.39 is 0 Å². The van der Waals surface area contributed by atoms with E-state index in [0.717, 1.165) is 12.3 Å². The smallest absolute Gasteiger partial charge is 0.0830 e. The fourth-order valence-corrected chi connectivity index (χ4v) is 2.37. The van der Waals surface area contributed by atoms with E-state index in [9.17, 15) is 5.11 Å². The SMILES string of the molecule is CC1CC(C2CC2)C(O)C(C)O1. The predicted molar refractivity (Wildman–Crippen MR) is 46.8 cm³/mol. The molecule has 0 aromatic heterocycles. The van der Waals surface area contributed by atoms with Crippen LogP contribution in [0.3, 0.4) is 0 Å². The molecule has 1 N–H and O–H groups in total. The van der Waals surface area contributed by atoms with E-state index in [1.807, 2.05) is 6.92 Å². The van der Waals surface area contributed by atoms with Crippen molar-refractivity contribution in [3.05, 3.63) is 0 Å². The Bertz CT molecular complexity index is 165. The zero-order chi connectivity index (χ0) is 8.72. The highest BCUT2D eigenvalue weighted by Crippen LogP contribution is 2.44. The highest BCUT2D eigenvalue weighted by Gasteiger charge is 2.42. The van der Waals surface area contributed by atoms with Crippen molar-refractivity contribution in [3.8, 4) is 0 Å². The normalized spacial score (nSPS) is 49.2. The molecule has 1 aliphatic carbocycles. The third-order valence-electron chi connectivity index (χ3n) is 3.20. The van der Waals surface area contributed by atoms with Gasteiger partial charge in [0.05, 0.1) is 18.3 Å². The minimum atomic E-state index is -0.214. The molecule has 4 unspecified atom stereocenters. The summed E-state index contributed by atoms with van der Waals surface area (Å²) < 4.78 is 5.56. The Balaban J connectivity index is 2.00. The number of ether oxygens (including phenoxy) is 1. The maximum absolute atomic E-state index is 9.84.